The third-order valence-electron chi connectivity index (χ3n) is 15.5. The van der Waals surface area contributed by atoms with Crippen LogP contribution in [-0.2, 0) is 19.5 Å². The molecule has 4 aromatic heterocycles. The summed E-state index contributed by atoms with van der Waals surface area (Å²) in [5, 5.41) is 21.2. The van der Waals surface area contributed by atoms with Crippen molar-refractivity contribution >= 4 is 88.9 Å². The summed E-state index contributed by atoms with van der Waals surface area (Å²) in [6.45, 7) is 29.5. The van der Waals surface area contributed by atoms with Crippen LogP contribution in [0.25, 0.3) is 19.7 Å². The lowest BCUT2D eigenvalue weighted by molar-refractivity contribution is 0.0695. The quantitative estimate of drug-likeness (QED) is 0.0535. The minimum Gasteiger partial charge on any atom is -0.478 e. The van der Waals surface area contributed by atoms with Crippen molar-refractivity contribution in [1.82, 2.24) is 50.8 Å². The lowest BCUT2D eigenvalue weighted by atomic mass is 10.0. The first-order chi connectivity index (χ1) is 42.8. The third-order valence-corrected chi connectivity index (χ3v) is 15.8. The summed E-state index contributed by atoms with van der Waals surface area (Å²) in [5.41, 5.74) is 15.3. The Morgan fingerprint density at radius 2 is 0.921 bits per heavy atom. The largest absolute Gasteiger partial charge is 0.478 e. The molecular weight excluding hydrogens is 1140 g/mol. The lowest BCUT2D eigenvalue weighted by Crippen LogP contribution is -2.44. The van der Waals surface area contributed by atoms with E-state index in [4.69, 9.17) is 11.6 Å². The molecule has 21 nitrogen and oxygen atoms in total. The van der Waals surface area contributed by atoms with Gasteiger partial charge in [-0.25, -0.2) is 34.7 Å². The number of aryl methyl sites for hydroxylation is 6. The van der Waals surface area contributed by atoms with Gasteiger partial charge in [-0.1, -0.05) is 67.7 Å². The maximum absolute atomic E-state index is 12.5. The van der Waals surface area contributed by atoms with Crippen molar-refractivity contribution < 1.29 is 9.90 Å². The molecular formula is C67H69ClN16O5. The summed E-state index contributed by atoms with van der Waals surface area (Å²) in [4.78, 5) is 94.2. The van der Waals surface area contributed by atoms with Crippen LogP contribution in [0.1, 0.15) is 60.6 Å². The second-order valence-electron chi connectivity index (χ2n) is 21.9. The molecule has 454 valence electrons. The van der Waals surface area contributed by atoms with Crippen LogP contribution >= 0.6 is 11.6 Å². The highest BCUT2D eigenvalue weighted by Crippen LogP contribution is 2.39. The van der Waals surface area contributed by atoms with Gasteiger partial charge in [0.05, 0.1) is 45.4 Å². The van der Waals surface area contributed by atoms with Gasteiger partial charge >= 0.3 is 5.97 Å². The number of carboxylic acid groups (broad SMARTS) is 1. The number of pyridine rings is 1. The number of nitrogens with one attached hydrogen (secondary N) is 6. The summed E-state index contributed by atoms with van der Waals surface area (Å²) in [6.07, 6.45) is 2.39. The zero-order chi connectivity index (χ0) is 63.0. The second-order valence-corrected chi connectivity index (χ2v) is 22.3. The number of carboxylic acids is 1. The molecule has 0 fully saturated rings. The Morgan fingerprint density at radius 3 is 1.35 bits per heavy atom. The van der Waals surface area contributed by atoms with Crippen molar-refractivity contribution in [2.45, 2.75) is 61.1 Å². The molecule has 7 heterocycles. The zero-order valence-electron chi connectivity index (χ0n) is 50.5. The standard InChI is InChI=1S/C24H25N5O3.C22H22ClN5O.C21H22N6O/c1-14-12-19-20(13-15(14)2)29(22-21(28-19)23(30)27-16(3)26-22)11-10-25-9-8-17-6-4-5-7-18(17)24(31)32;1-13-10-18-19(11-14(13)2)28(21-20(27-18)22(29)26-15(3)25-21)9-8-24-12-16-4-6-17(23)7-5-16;1-13-10-17-18(11-14(13)2)27(9-8-22-12-16-6-4-5-7-23-16)20-19(26-17)21(28)25-15(3)24-20/h4-7,12-13,25H,3,8-11H2,1-2H3,(H,27,30)(H,31,32);4-7,10-11,24H,3,8-9,12H2,1-2H3,(H,26,29);4-7,10-11,22H,3,8-9,12H2,1-2H3,(H,25,28). The molecule has 7 N–H and O–H groups in total. The van der Waals surface area contributed by atoms with Gasteiger partial charge in [-0.15, -0.1) is 0 Å². The van der Waals surface area contributed by atoms with E-state index in [-0.39, 0.29) is 22.0 Å². The fourth-order valence-electron chi connectivity index (χ4n) is 10.4. The van der Waals surface area contributed by atoms with Crippen molar-refractivity contribution in [3.05, 3.63) is 234 Å². The van der Waals surface area contributed by atoms with E-state index in [2.05, 4.69) is 118 Å². The number of aromatic carboxylic acids is 1. The van der Waals surface area contributed by atoms with Crippen LogP contribution in [0.4, 0.5) is 51.6 Å². The van der Waals surface area contributed by atoms with Crippen molar-refractivity contribution in [3.8, 4) is 0 Å². The first kappa shape index (κ1) is 62.0. The molecule has 9 aromatic rings. The van der Waals surface area contributed by atoms with Gasteiger partial charge in [-0.05, 0) is 166 Å². The number of anilines is 6. The SMILES string of the molecule is C=c1nc2c(c(=O)[nH]1)=Nc1cc(C)c(C)cc1N2CCNCCc1ccccc1C(=O)O.C=c1nc2c(c(=O)[nH]1)=Nc1cc(C)c(C)cc1N2CCNCc1ccc(Cl)cc1.C=c1nc2c(c(=O)[nH]1)=Nc1cc(C)c(C)cc1N2CCNCc1ccccn1. The van der Waals surface area contributed by atoms with Crippen LogP contribution in [0.5, 0.6) is 0 Å². The molecule has 3 aliphatic heterocycles. The van der Waals surface area contributed by atoms with Crippen molar-refractivity contribution in [2.75, 3.05) is 60.5 Å². The fourth-order valence-corrected chi connectivity index (χ4v) is 10.6. The van der Waals surface area contributed by atoms with Crippen molar-refractivity contribution in [1.29, 1.82) is 0 Å². The smallest absolute Gasteiger partial charge is 0.335 e. The summed E-state index contributed by atoms with van der Waals surface area (Å²) in [5.74, 6) is 0.663. The van der Waals surface area contributed by atoms with E-state index in [0.29, 0.717) is 109 Å². The molecule has 3 aliphatic rings. The first-order valence-corrected chi connectivity index (χ1v) is 29.5. The van der Waals surface area contributed by atoms with E-state index in [1.54, 1.807) is 18.3 Å². The second kappa shape index (κ2) is 27.3. The maximum atomic E-state index is 12.5. The normalized spacial score (nSPS) is 12.2. The summed E-state index contributed by atoms with van der Waals surface area (Å²) < 4.78 is 0. The number of carbonyl (C=O) groups is 1. The molecule has 22 heteroatoms. The molecule has 0 saturated heterocycles. The average molecular weight is 1210 g/mol. The Bertz CT molecular complexity index is 4730. The lowest BCUT2D eigenvalue weighted by Gasteiger charge is -2.28. The van der Waals surface area contributed by atoms with E-state index >= 15 is 0 Å². The Labute approximate surface area is 517 Å². The van der Waals surface area contributed by atoms with E-state index in [0.717, 1.165) is 84.8 Å². The highest BCUT2D eigenvalue weighted by Gasteiger charge is 2.27. The zero-order valence-corrected chi connectivity index (χ0v) is 51.3. The molecule has 0 atom stereocenters. The molecule has 89 heavy (non-hydrogen) atoms. The number of benzene rings is 5. The predicted octanol–water partition coefficient (Wildman–Crippen LogP) is 5.76. The van der Waals surface area contributed by atoms with Gasteiger partial charge in [-0.2, -0.15) is 0 Å². The van der Waals surface area contributed by atoms with Gasteiger partial charge in [0.1, 0.15) is 16.4 Å². The van der Waals surface area contributed by atoms with Gasteiger partial charge in [0.2, 0.25) is 0 Å². The minimum atomic E-state index is -0.920. The number of rotatable bonds is 17. The van der Waals surface area contributed by atoms with Gasteiger partial charge in [0, 0.05) is 63.6 Å². The molecule has 0 saturated carbocycles. The first-order valence-electron chi connectivity index (χ1n) is 29.1. The average Bonchev–Trinajstić information content (AvgIpc) is 0.840. The van der Waals surface area contributed by atoms with Crippen LogP contribution in [0.3, 0.4) is 0 Å². The van der Waals surface area contributed by atoms with E-state index < -0.39 is 5.97 Å². The van der Waals surface area contributed by atoms with E-state index in [1.165, 1.54) is 11.1 Å². The van der Waals surface area contributed by atoms with Crippen LogP contribution in [0.2, 0.25) is 5.02 Å². The molecule has 5 aromatic carbocycles. The Hall–Kier alpha value is -10.1. The Balaban J connectivity index is 0.000000147. The van der Waals surface area contributed by atoms with Crippen molar-refractivity contribution in [2.24, 2.45) is 15.0 Å². The molecule has 0 aliphatic carbocycles. The number of fused-ring (bicyclic) bond motifs is 6. The van der Waals surface area contributed by atoms with Gasteiger partial charge in [-0.3, -0.25) is 19.4 Å². The van der Waals surface area contributed by atoms with Gasteiger partial charge in [0.25, 0.3) is 16.7 Å². The summed E-state index contributed by atoms with van der Waals surface area (Å²) in [7, 11) is 0. The van der Waals surface area contributed by atoms with E-state index in [9.17, 15) is 24.3 Å². The van der Waals surface area contributed by atoms with Crippen LogP contribution in [-0.4, -0.2) is 91.8 Å². The maximum Gasteiger partial charge on any atom is 0.335 e. The van der Waals surface area contributed by atoms with Crippen LogP contribution in [0, 0.1) is 41.5 Å². The number of aromatic amines is 3. The van der Waals surface area contributed by atoms with Gasteiger partial charge < -0.3 is 50.7 Å². The summed E-state index contributed by atoms with van der Waals surface area (Å²) >= 11 is 5.94. The number of H-pyrrole nitrogens is 3. The molecule has 12 rings (SSSR count). The number of nitrogens with zero attached hydrogens (tertiary/aromatic N) is 10. The highest BCUT2D eigenvalue weighted by molar-refractivity contribution is 6.30. The molecule has 0 unspecified atom stereocenters. The van der Waals surface area contributed by atoms with E-state index in [1.807, 2.05) is 115 Å². The topological polar surface area (TPSA) is 270 Å². The predicted molar refractivity (Wildman–Crippen MR) is 350 cm³/mol. The Kier molecular flexibility index (Phi) is 19.0. The van der Waals surface area contributed by atoms with Crippen molar-refractivity contribution in [3.63, 3.8) is 0 Å². The Morgan fingerprint density at radius 1 is 0.517 bits per heavy atom. The number of hydrogen-bond donors (Lipinski definition) is 7. The molecule has 0 bridgehead atoms. The number of hydrogen-bond acceptors (Lipinski definition) is 17. The molecule has 0 radical (unpaired) electrons. The molecule has 0 spiro atoms. The molecule has 0 amide bonds. The number of aromatic nitrogens is 7. The van der Waals surface area contributed by atoms with Crippen LogP contribution < -0.4 is 79.8 Å². The third kappa shape index (κ3) is 14.4. The summed E-state index contributed by atoms with van der Waals surface area (Å²) in [6, 6.07) is 32.9. The highest BCUT2D eigenvalue weighted by atomic mass is 35.5. The monoisotopic (exact) mass is 1210 g/mol. The number of halogens is 1. The minimum absolute atomic E-state index is 0.273. The van der Waals surface area contributed by atoms with Gasteiger partial charge in [0.15, 0.2) is 33.5 Å². The fraction of sp³-hybridized carbons (Fsp3) is 0.239. The van der Waals surface area contributed by atoms with Crippen LogP contribution in [0.15, 0.2) is 139 Å².